The highest BCUT2D eigenvalue weighted by Gasteiger charge is 2.30. The Kier molecular flexibility index (Phi) is 5.52. The summed E-state index contributed by atoms with van der Waals surface area (Å²) < 4.78 is 7.77. The Morgan fingerprint density at radius 2 is 1.88 bits per heavy atom. The van der Waals surface area contributed by atoms with Crippen LogP contribution in [0.2, 0.25) is 0 Å². The van der Waals surface area contributed by atoms with Crippen molar-refractivity contribution < 1.29 is 9.53 Å². The first-order chi connectivity index (χ1) is 16.5. The number of para-hydroxylation sites is 1. The summed E-state index contributed by atoms with van der Waals surface area (Å²) in [6.45, 7) is 2.73. The average Bonchev–Trinajstić information content (AvgIpc) is 3.49. The molecule has 8 nitrogen and oxygen atoms in total. The smallest absolute Gasteiger partial charge is 0.298 e. The van der Waals surface area contributed by atoms with Gasteiger partial charge in [-0.2, -0.15) is 5.10 Å². The van der Waals surface area contributed by atoms with Crippen molar-refractivity contribution in [2.75, 3.05) is 18.8 Å². The third kappa shape index (κ3) is 3.88. The minimum atomic E-state index is -0.305. The van der Waals surface area contributed by atoms with Gasteiger partial charge in [0.25, 0.3) is 11.5 Å². The number of amides is 1. The highest BCUT2D eigenvalue weighted by molar-refractivity contribution is 5.94. The Balaban J connectivity index is 1.52. The number of carbonyl (C=O) groups is 1. The number of nitrogen functional groups attached to an aromatic ring is 1. The molecule has 0 bridgehead atoms. The van der Waals surface area contributed by atoms with Crippen LogP contribution in [0.15, 0.2) is 65.6 Å². The predicted octanol–water partition coefficient (Wildman–Crippen LogP) is 3.43. The first-order valence-corrected chi connectivity index (χ1v) is 11.0. The van der Waals surface area contributed by atoms with Crippen LogP contribution in [0.5, 0.6) is 11.5 Å². The molecule has 1 fully saturated rings. The van der Waals surface area contributed by atoms with Crippen molar-refractivity contribution in [2.45, 2.75) is 19.3 Å². The number of nitrogens with two attached hydrogens (primary N) is 1. The van der Waals surface area contributed by atoms with Crippen LogP contribution in [0.3, 0.4) is 0 Å². The minimum Gasteiger partial charge on any atom is -0.457 e. The molecular weight excluding hydrogens is 430 g/mol. The van der Waals surface area contributed by atoms with Crippen molar-refractivity contribution >= 4 is 22.6 Å². The summed E-state index contributed by atoms with van der Waals surface area (Å²) in [5.74, 6) is 6.72. The van der Waals surface area contributed by atoms with E-state index in [9.17, 15) is 9.59 Å². The van der Waals surface area contributed by atoms with E-state index >= 15 is 0 Å². The number of nitrogens with one attached hydrogen (secondary N) is 1. The van der Waals surface area contributed by atoms with Gasteiger partial charge in [-0.15, -0.1) is 0 Å². The van der Waals surface area contributed by atoms with E-state index in [2.05, 4.69) is 22.0 Å². The zero-order valence-corrected chi connectivity index (χ0v) is 18.6. The zero-order valence-electron chi connectivity index (χ0n) is 18.6. The lowest BCUT2D eigenvalue weighted by Crippen LogP contribution is -2.27. The van der Waals surface area contributed by atoms with Gasteiger partial charge in [0.15, 0.2) is 5.82 Å². The van der Waals surface area contributed by atoms with Crippen molar-refractivity contribution in [2.24, 2.45) is 0 Å². The molecule has 3 N–H and O–H groups in total. The molecule has 1 saturated heterocycles. The standard InChI is InChI=1S/C26H23N5O3/c1-2-6-22(32)30-14-13-17(15-30)21-16-31(24-23(21)26(33)29-28-25(24)27)18-9-11-20(12-10-18)34-19-7-4-3-5-8-19/h3-5,7-12,16-17H,13-15H2,1H3,(H2,27,28)(H,29,33)/t17-/m1/s1. The molecule has 170 valence electrons. The fourth-order valence-electron chi connectivity index (χ4n) is 4.43. The van der Waals surface area contributed by atoms with Gasteiger partial charge in [0.2, 0.25) is 0 Å². The zero-order chi connectivity index (χ0) is 23.7. The van der Waals surface area contributed by atoms with Crippen LogP contribution in [0.4, 0.5) is 5.82 Å². The third-order valence-electron chi connectivity index (χ3n) is 6.02. The van der Waals surface area contributed by atoms with E-state index < -0.39 is 0 Å². The highest BCUT2D eigenvalue weighted by atomic mass is 16.5. The second-order valence-corrected chi connectivity index (χ2v) is 8.14. The molecule has 4 aromatic rings. The van der Waals surface area contributed by atoms with Crippen LogP contribution >= 0.6 is 0 Å². The molecule has 1 aliphatic heterocycles. The molecule has 5 rings (SSSR count). The average molecular weight is 454 g/mol. The Labute approximate surface area is 196 Å². The molecule has 0 aliphatic carbocycles. The minimum absolute atomic E-state index is 0.00468. The van der Waals surface area contributed by atoms with Gasteiger partial charge in [-0.05, 0) is 61.2 Å². The molecule has 1 atom stereocenters. The molecule has 8 heteroatoms. The van der Waals surface area contributed by atoms with E-state index in [0.717, 1.165) is 23.4 Å². The lowest BCUT2D eigenvalue weighted by atomic mass is 9.99. The van der Waals surface area contributed by atoms with E-state index in [-0.39, 0.29) is 23.2 Å². The van der Waals surface area contributed by atoms with E-state index in [4.69, 9.17) is 10.5 Å². The van der Waals surface area contributed by atoms with E-state index in [0.29, 0.717) is 29.7 Å². The van der Waals surface area contributed by atoms with Crippen molar-refractivity contribution in [1.82, 2.24) is 19.7 Å². The quantitative estimate of drug-likeness (QED) is 0.461. The molecule has 2 aromatic carbocycles. The summed E-state index contributed by atoms with van der Waals surface area (Å²) in [6, 6.07) is 17.1. The topological polar surface area (TPSA) is 106 Å². The molecule has 0 spiro atoms. The number of hydrogen-bond donors (Lipinski definition) is 2. The molecular formula is C26H23N5O3. The lowest BCUT2D eigenvalue weighted by Gasteiger charge is -2.12. The number of ether oxygens (including phenoxy) is 1. The van der Waals surface area contributed by atoms with Crippen LogP contribution in [-0.2, 0) is 4.79 Å². The predicted molar refractivity (Wildman–Crippen MR) is 130 cm³/mol. The molecule has 3 heterocycles. The number of carbonyl (C=O) groups excluding carboxylic acids is 1. The van der Waals surface area contributed by atoms with Gasteiger partial charge in [0.05, 0.1) is 5.39 Å². The van der Waals surface area contributed by atoms with Crippen LogP contribution in [0.1, 0.15) is 24.8 Å². The van der Waals surface area contributed by atoms with Gasteiger partial charge in [0, 0.05) is 30.9 Å². The second-order valence-electron chi connectivity index (χ2n) is 8.14. The maximum absolute atomic E-state index is 12.8. The van der Waals surface area contributed by atoms with Gasteiger partial charge in [0.1, 0.15) is 17.0 Å². The number of likely N-dealkylation sites (tertiary alicyclic amines) is 1. The highest BCUT2D eigenvalue weighted by Crippen LogP contribution is 2.35. The van der Waals surface area contributed by atoms with Gasteiger partial charge >= 0.3 is 0 Å². The third-order valence-corrected chi connectivity index (χ3v) is 6.02. The maximum Gasteiger partial charge on any atom is 0.298 e. The Bertz CT molecular complexity index is 1480. The summed E-state index contributed by atoms with van der Waals surface area (Å²) in [5.41, 5.74) is 8.12. The second kappa shape index (κ2) is 8.79. The number of aromatic amines is 1. The van der Waals surface area contributed by atoms with Gasteiger partial charge in [-0.25, -0.2) is 5.10 Å². The van der Waals surface area contributed by atoms with Crippen LogP contribution in [0, 0.1) is 11.8 Å². The molecule has 1 aliphatic rings. The first-order valence-electron chi connectivity index (χ1n) is 11.0. The summed E-state index contributed by atoms with van der Waals surface area (Å²) in [7, 11) is 0. The summed E-state index contributed by atoms with van der Waals surface area (Å²) >= 11 is 0. The lowest BCUT2D eigenvalue weighted by molar-refractivity contribution is -0.124. The van der Waals surface area contributed by atoms with Crippen molar-refractivity contribution in [1.29, 1.82) is 0 Å². The number of rotatable bonds is 4. The summed E-state index contributed by atoms with van der Waals surface area (Å²) in [4.78, 5) is 26.8. The van der Waals surface area contributed by atoms with Crippen molar-refractivity contribution in [3.8, 4) is 29.0 Å². The number of H-pyrrole nitrogens is 1. The number of hydrogen-bond acceptors (Lipinski definition) is 5. The van der Waals surface area contributed by atoms with Crippen LogP contribution in [0.25, 0.3) is 16.6 Å². The molecule has 0 radical (unpaired) electrons. The Morgan fingerprint density at radius 3 is 2.62 bits per heavy atom. The number of fused-ring (bicyclic) bond motifs is 1. The van der Waals surface area contributed by atoms with Crippen molar-refractivity contribution in [3.05, 3.63) is 76.7 Å². The molecule has 34 heavy (non-hydrogen) atoms. The summed E-state index contributed by atoms with van der Waals surface area (Å²) in [5, 5.41) is 6.98. The fourth-order valence-corrected chi connectivity index (χ4v) is 4.43. The fraction of sp³-hybridized carbons (Fsp3) is 0.192. The Morgan fingerprint density at radius 1 is 1.15 bits per heavy atom. The van der Waals surface area contributed by atoms with E-state index in [1.165, 1.54) is 0 Å². The summed E-state index contributed by atoms with van der Waals surface area (Å²) in [6.07, 6.45) is 2.66. The number of anilines is 1. The van der Waals surface area contributed by atoms with Gasteiger partial charge < -0.3 is 19.9 Å². The maximum atomic E-state index is 12.8. The first kappa shape index (κ1) is 21.3. The molecule has 0 saturated carbocycles. The number of aromatic nitrogens is 3. The SMILES string of the molecule is CC#CC(=O)N1CC[C@@H](c2cn(-c3ccc(Oc4ccccc4)cc3)c3c(N)n[nH]c(=O)c23)C1. The van der Waals surface area contributed by atoms with Crippen LogP contribution in [-0.4, -0.2) is 38.7 Å². The van der Waals surface area contributed by atoms with E-state index in [1.807, 2.05) is 65.4 Å². The molecule has 0 unspecified atom stereocenters. The normalized spacial score (nSPS) is 15.2. The number of nitrogens with zero attached hydrogens (tertiary/aromatic N) is 3. The Hall–Kier alpha value is -4.51. The molecule has 1 amide bonds. The number of benzene rings is 2. The van der Waals surface area contributed by atoms with Gasteiger partial charge in [-0.1, -0.05) is 24.1 Å². The van der Waals surface area contributed by atoms with E-state index in [1.54, 1.807) is 11.8 Å². The molecule has 2 aromatic heterocycles. The van der Waals surface area contributed by atoms with Crippen LogP contribution < -0.4 is 16.0 Å². The van der Waals surface area contributed by atoms with Gasteiger partial charge in [-0.3, -0.25) is 9.59 Å². The largest absolute Gasteiger partial charge is 0.457 e. The van der Waals surface area contributed by atoms with Crippen molar-refractivity contribution in [3.63, 3.8) is 0 Å². The monoisotopic (exact) mass is 453 g/mol.